The van der Waals surface area contributed by atoms with Crippen molar-refractivity contribution in [3.8, 4) is 17.2 Å². The standard InChI is InChI=1S/C25H23ClN6O5/c1-34-8-9-35-19-13-18-21(23-22(19)36-10-11-37-23)24(29-14-28-18)30-15-5-6-17(16(26)12-15)31-25(33)32-20-4-2-3-7-27-20/h2-7,12-14H,8-11H2,1H3,(H,28,29,30)(H2,27,31,32,33). The van der Waals surface area contributed by atoms with Crippen molar-refractivity contribution >= 4 is 51.5 Å². The number of benzene rings is 2. The first-order valence-corrected chi connectivity index (χ1v) is 11.7. The fourth-order valence-electron chi connectivity index (χ4n) is 3.68. The fourth-order valence-corrected chi connectivity index (χ4v) is 3.91. The predicted octanol–water partition coefficient (Wildman–Crippen LogP) is 4.86. The molecule has 0 unspecified atom stereocenters. The number of ether oxygens (including phenoxy) is 4. The summed E-state index contributed by atoms with van der Waals surface area (Å²) in [5.41, 5.74) is 1.69. The molecular weight excluding hydrogens is 500 g/mol. The van der Waals surface area contributed by atoms with Crippen LogP contribution in [0.1, 0.15) is 0 Å². The van der Waals surface area contributed by atoms with E-state index in [1.165, 1.54) is 6.33 Å². The van der Waals surface area contributed by atoms with Crippen LogP contribution in [0.3, 0.4) is 0 Å². The van der Waals surface area contributed by atoms with Crippen molar-refractivity contribution in [2.45, 2.75) is 0 Å². The number of fused-ring (bicyclic) bond motifs is 3. The number of halogens is 1. The van der Waals surface area contributed by atoms with Gasteiger partial charge in [0.05, 0.1) is 28.2 Å². The van der Waals surface area contributed by atoms with E-state index in [-0.39, 0.29) is 0 Å². The minimum atomic E-state index is -0.463. The van der Waals surface area contributed by atoms with E-state index >= 15 is 0 Å². The summed E-state index contributed by atoms with van der Waals surface area (Å²) in [6, 6.07) is 11.7. The number of hydrogen-bond acceptors (Lipinski definition) is 9. The molecule has 4 aromatic rings. The first-order chi connectivity index (χ1) is 18.1. The molecule has 0 saturated carbocycles. The van der Waals surface area contributed by atoms with Crippen LogP contribution in [-0.4, -0.2) is 54.5 Å². The van der Waals surface area contributed by atoms with Gasteiger partial charge in [-0.25, -0.2) is 19.7 Å². The molecule has 0 saturated heterocycles. The number of methoxy groups -OCH3 is 1. The van der Waals surface area contributed by atoms with Gasteiger partial charge in [-0.1, -0.05) is 17.7 Å². The van der Waals surface area contributed by atoms with Crippen molar-refractivity contribution in [3.05, 3.63) is 60.0 Å². The fraction of sp³-hybridized carbons (Fsp3) is 0.200. The van der Waals surface area contributed by atoms with Crippen LogP contribution in [0, 0.1) is 0 Å². The molecule has 5 rings (SSSR count). The maximum atomic E-state index is 12.3. The average Bonchev–Trinajstić information content (AvgIpc) is 2.91. The van der Waals surface area contributed by atoms with Gasteiger partial charge in [0.25, 0.3) is 0 Å². The summed E-state index contributed by atoms with van der Waals surface area (Å²) in [6.45, 7) is 1.56. The van der Waals surface area contributed by atoms with Crippen molar-refractivity contribution < 1.29 is 23.7 Å². The number of hydrogen-bond donors (Lipinski definition) is 3. The zero-order valence-electron chi connectivity index (χ0n) is 19.8. The average molecular weight is 523 g/mol. The number of nitrogens with zero attached hydrogens (tertiary/aromatic N) is 3. The van der Waals surface area contributed by atoms with Crippen LogP contribution in [0.2, 0.25) is 5.02 Å². The van der Waals surface area contributed by atoms with Gasteiger partial charge in [0, 0.05) is 25.1 Å². The number of amides is 2. The molecule has 1 aliphatic heterocycles. The molecule has 0 spiro atoms. The third-order valence-electron chi connectivity index (χ3n) is 5.31. The Morgan fingerprint density at radius 1 is 1.03 bits per heavy atom. The largest absolute Gasteiger partial charge is 0.487 e. The highest BCUT2D eigenvalue weighted by molar-refractivity contribution is 6.34. The number of carbonyl (C=O) groups is 1. The second kappa shape index (κ2) is 11.1. The number of pyridine rings is 1. The summed E-state index contributed by atoms with van der Waals surface area (Å²) in [6.07, 6.45) is 3.03. The van der Waals surface area contributed by atoms with Crippen LogP contribution >= 0.6 is 11.6 Å². The van der Waals surface area contributed by atoms with Crippen molar-refractivity contribution in [1.29, 1.82) is 0 Å². The van der Waals surface area contributed by atoms with Gasteiger partial charge in [-0.2, -0.15) is 0 Å². The Morgan fingerprint density at radius 3 is 2.68 bits per heavy atom. The highest BCUT2D eigenvalue weighted by Gasteiger charge is 2.24. The minimum absolute atomic E-state index is 0.329. The van der Waals surface area contributed by atoms with E-state index in [4.69, 9.17) is 30.5 Å². The second-order valence-electron chi connectivity index (χ2n) is 7.80. The summed E-state index contributed by atoms with van der Waals surface area (Å²) in [5, 5.41) is 9.59. The van der Waals surface area contributed by atoms with Gasteiger partial charge >= 0.3 is 6.03 Å². The number of urea groups is 1. The van der Waals surface area contributed by atoms with Crippen molar-refractivity contribution in [2.75, 3.05) is 49.5 Å². The maximum Gasteiger partial charge on any atom is 0.324 e. The van der Waals surface area contributed by atoms with Crippen molar-refractivity contribution in [2.24, 2.45) is 0 Å². The Bertz CT molecular complexity index is 1420. The zero-order valence-corrected chi connectivity index (χ0v) is 20.5. The van der Waals surface area contributed by atoms with Gasteiger partial charge in [-0.3, -0.25) is 5.32 Å². The molecule has 1 aliphatic rings. The molecule has 2 aromatic heterocycles. The van der Waals surface area contributed by atoms with E-state index in [1.807, 2.05) is 0 Å². The number of nitrogens with one attached hydrogen (secondary N) is 3. The third-order valence-corrected chi connectivity index (χ3v) is 5.62. The van der Waals surface area contributed by atoms with Gasteiger partial charge in [0.2, 0.25) is 5.75 Å². The van der Waals surface area contributed by atoms with Crippen molar-refractivity contribution in [1.82, 2.24) is 15.0 Å². The Morgan fingerprint density at radius 2 is 1.89 bits per heavy atom. The van der Waals surface area contributed by atoms with Gasteiger partial charge in [-0.05, 0) is 30.3 Å². The smallest absolute Gasteiger partial charge is 0.324 e. The van der Waals surface area contributed by atoms with Crippen LogP contribution in [0.5, 0.6) is 17.2 Å². The van der Waals surface area contributed by atoms with Gasteiger partial charge in [0.15, 0.2) is 11.5 Å². The zero-order chi connectivity index (χ0) is 25.6. The van der Waals surface area contributed by atoms with Gasteiger partial charge < -0.3 is 29.6 Å². The van der Waals surface area contributed by atoms with E-state index in [0.29, 0.717) is 82.6 Å². The second-order valence-corrected chi connectivity index (χ2v) is 8.21. The number of aromatic nitrogens is 3. The first-order valence-electron chi connectivity index (χ1n) is 11.4. The van der Waals surface area contributed by atoms with E-state index in [1.54, 1.807) is 55.8 Å². The summed E-state index contributed by atoms with van der Waals surface area (Å²) < 4.78 is 22.7. The summed E-state index contributed by atoms with van der Waals surface area (Å²) in [7, 11) is 1.61. The van der Waals surface area contributed by atoms with E-state index in [0.717, 1.165) is 0 Å². The number of anilines is 4. The summed E-state index contributed by atoms with van der Waals surface area (Å²) in [4.78, 5) is 25.2. The first kappa shape index (κ1) is 24.3. The van der Waals surface area contributed by atoms with Gasteiger partial charge in [-0.15, -0.1) is 0 Å². The third kappa shape index (κ3) is 5.57. The topological polar surface area (TPSA) is 129 Å². The summed E-state index contributed by atoms with van der Waals surface area (Å²) >= 11 is 6.46. The molecule has 3 N–H and O–H groups in total. The quantitative estimate of drug-likeness (QED) is 0.278. The predicted molar refractivity (Wildman–Crippen MR) is 140 cm³/mol. The van der Waals surface area contributed by atoms with Crippen molar-refractivity contribution in [3.63, 3.8) is 0 Å². The Kier molecular flexibility index (Phi) is 7.33. The monoisotopic (exact) mass is 522 g/mol. The van der Waals surface area contributed by atoms with Gasteiger partial charge in [0.1, 0.15) is 37.8 Å². The molecule has 12 heteroatoms. The molecule has 0 fully saturated rings. The Hall–Kier alpha value is -4.35. The molecule has 0 aliphatic carbocycles. The molecule has 3 heterocycles. The SMILES string of the molecule is COCCOc1cc2ncnc(Nc3ccc(NC(=O)Nc4ccccn4)c(Cl)c3)c2c2c1OCCO2. The highest BCUT2D eigenvalue weighted by Crippen LogP contribution is 2.47. The molecule has 2 amide bonds. The highest BCUT2D eigenvalue weighted by atomic mass is 35.5. The Balaban J connectivity index is 1.38. The molecule has 0 atom stereocenters. The van der Waals surface area contributed by atoms with E-state index < -0.39 is 6.03 Å². The van der Waals surface area contributed by atoms with Crippen LogP contribution in [0.25, 0.3) is 10.9 Å². The molecule has 2 aromatic carbocycles. The van der Waals surface area contributed by atoms with E-state index in [9.17, 15) is 4.79 Å². The number of carbonyl (C=O) groups excluding carboxylic acids is 1. The van der Waals surface area contributed by atoms with Crippen LogP contribution < -0.4 is 30.2 Å². The molecule has 0 bridgehead atoms. The Labute approximate surface area is 217 Å². The lowest BCUT2D eigenvalue weighted by Gasteiger charge is -2.23. The lowest BCUT2D eigenvalue weighted by molar-refractivity contribution is 0.134. The molecular formula is C25H23ClN6O5. The maximum absolute atomic E-state index is 12.3. The van der Waals surface area contributed by atoms with E-state index in [2.05, 4.69) is 30.9 Å². The molecule has 11 nitrogen and oxygen atoms in total. The minimum Gasteiger partial charge on any atom is -0.487 e. The normalized spacial score (nSPS) is 12.2. The summed E-state index contributed by atoms with van der Waals surface area (Å²) in [5.74, 6) is 2.43. The lowest BCUT2D eigenvalue weighted by atomic mass is 10.1. The molecule has 0 radical (unpaired) electrons. The lowest BCUT2D eigenvalue weighted by Crippen LogP contribution is -2.20. The molecule has 190 valence electrons. The van der Waals surface area contributed by atoms with Crippen LogP contribution in [0.15, 0.2) is 55.0 Å². The van der Waals surface area contributed by atoms with Crippen LogP contribution in [-0.2, 0) is 4.74 Å². The number of rotatable bonds is 8. The molecule has 37 heavy (non-hydrogen) atoms. The van der Waals surface area contributed by atoms with Crippen LogP contribution in [0.4, 0.5) is 27.8 Å².